The lowest BCUT2D eigenvalue weighted by Gasteiger charge is -2.03. The third-order valence-corrected chi connectivity index (χ3v) is 6.10. The molecule has 1 amide bonds. The van der Waals surface area contributed by atoms with E-state index in [9.17, 15) is 9.59 Å². The van der Waals surface area contributed by atoms with E-state index in [1.165, 1.54) is 34.8 Å². The molecule has 0 aliphatic rings. The molecule has 0 atom stereocenters. The Labute approximate surface area is 161 Å². The van der Waals surface area contributed by atoms with Gasteiger partial charge < -0.3 is 4.74 Å². The van der Waals surface area contributed by atoms with Gasteiger partial charge in [0.05, 0.1) is 11.3 Å². The summed E-state index contributed by atoms with van der Waals surface area (Å²) >= 11 is 14.4. The van der Waals surface area contributed by atoms with Crippen LogP contribution in [0.3, 0.4) is 0 Å². The van der Waals surface area contributed by atoms with Crippen LogP contribution >= 0.6 is 45.9 Å². The summed E-state index contributed by atoms with van der Waals surface area (Å²) in [6, 6.07) is 4.62. The molecule has 130 valence electrons. The Morgan fingerprint density at radius 2 is 1.88 bits per heavy atom. The van der Waals surface area contributed by atoms with Crippen molar-refractivity contribution in [3.63, 3.8) is 0 Å². The number of carbonyl (C=O) groups excluding carboxylic acids is 2. The first-order valence-corrected chi connectivity index (χ1v) is 9.62. The number of ether oxygens (including phenoxy) is 1. The van der Waals surface area contributed by atoms with Crippen molar-refractivity contribution in [1.29, 1.82) is 0 Å². The fraction of sp³-hybridized carbons (Fsp3) is 0.188. The highest BCUT2D eigenvalue weighted by molar-refractivity contribution is 7.30. The fourth-order valence-electron chi connectivity index (χ4n) is 2.19. The van der Waals surface area contributed by atoms with E-state index in [1.807, 2.05) is 6.92 Å². The van der Waals surface area contributed by atoms with Crippen molar-refractivity contribution < 1.29 is 14.3 Å². The first kappa shape index (κ1) is 18.1. The predicted octanol–water partition coefficient (Wildman–Crippen LogP) is 5.40. The van der Waals surface area contributed by atoms with Crippen LogP contribution in [0.2, 0.25) is 10.0 Å². The Hall–Kier alpha value is -1.67. The fourth-order valence-corrected chi connectivity index (χ4v) is 4.92. The van der Waals surface area contributed by atoms with Crippen LogP contribution in [0.25, 0.3) is 9.53 Å². The molecular formula is C16H12Cl2N2O3S2. The first-order valence-electron chi connectivity index (χ1n) is 7.23. The summed E-state index contributed by atoms with van der Waals surface area (Å²) in [4.78, 5) is 29.8. The van der Waals surface area contributed by atoms with Gasteiger partial charge in [0.2, 0.25) is 0 Å². The molecule has 9 heteroatoms. The van der Waals surface area contributed by atoms with Crippen molar-refractivity contribution >= 4 is 72.4 Å². The van der Waals surface area contributed by atoms with Crippen molar-refractivity contribution in [2.45, 2.75) is 13.8 Å². The van der Waals surface area contributed by atoms with Gasteiger partial charge in [-0.15, -0.1) is 11.3 Å². The van der Waals surface area contributed by atoms with Crippen LogP contribution in [0.15, 0.2) is 18.2 Å². The standard InChI is InChI=1S/C16H12Cl2N2O3S2/c1-3-23-15(22)12-7(2)11-14(24-12)20-16(25-11)19-13(21)8-4-9(17)6-10(18)5-8/h4-6H,3H2,1-2H3,(H,19,20,21). The minimum absolute atomic E-state index is 0.320. The largest absolute Gasteiger partial charge is 0.462 e. The van der Waals surface area contributed by atoms with E-state index in [0.29, 0.717) is 37.1 Å². The van der Waals surface area contributed by atoms with Crippen molar-refractivity contribution in [3.8, 4) is 0 Å². The smallest absolute Gasteiger partial charge is 0.348 e. The summed E-state index contributed by atoms with van der Waals surface area (Å²) in [7, 11) is 0. The molecule has 0 saturated heterocycles. The second-order valence-electron chi connectivity index (χ2n) is 5.04. The molecule has 3 aromatic rings. The lowest BCUT2D eigenvalue weighted by molar-refractivity contribution is 0.0531. The number of rotatable bonds is 4. The average Bonchev–Trinajstić information content (AvgIpc) is 3.06. The van der Waals surface area contributed by atoms with Crippen LogP contribution in [0.1, 0.15) is 32.5 Å². The monoisotopic (exact) mass is 414 g/mol. The van der Waals surface area contributed by atoms with Gasteiger partial charge in [-0.2, -0.15) is 0 Å². The van der Waals surface area contributed by atoms with Crippen LogP contribution in [0, 0.1) is 6.92 Å². The number of nitrogens with one attached hydrogen (secondary N) is 1. The van der Waals surface area contributed by atoms with Gasteiger partial charge in [0.1, 0.15) is 9.71 Å². The van der Waals surface area contributed by atoms with Crippen LogP contribution in [-0.4, -0.2) is 23.5 Å². The van der Waals surface area contributed by atoms with Gasteiger partial charge in [-0.3, -0.25) is 10.1 Å². The maximum atomic E-state index is 12.3. The van der Waals surface area contributed by atoms with E-state index in [4.69, 9.17) is 27.9 Å². The van der Waals surface area contributed by atoms with Gasteiger partial charge in [-0.05, 0) is 37.6 Å². The number of amides is 1. The maximum Gasteiger partial charge on any atom is 0.348 e. The van der Waals surface area contributed by atoms with Gasteiger partial charge in [0.15, 0.2) is 5.13 Å². The molecule has 5 nitrogen and oxygen atoms in total. The Kier molecular flexibility index (Phi) is 5.29. The average molecular weight is 415 g/mol. The molecule has 1 N–H and O–H groups in total. The number of aryl methyl sites for hydroxylation is 1. The molecule has 2 aromatic heterocycles. The van der Waals surface area contributed by atoms with E-state index in [0.717, 1.165) is 10.3 Å². The molecule has 25 heavy (non-hydrogen) atoms. The van der Waals surface area contributed by atoms with Crippen molar-refractivity contribution in [2.24, 2.45) is 0 Å². The molecule has 0 saturated carbocycles. The molecule has 0 bridgehead atoms. The number of fused-ring (bicyclic) bond motifs is 1. The number of anilines is 1. The lowest BCUT2D eigenvalue weighted by Crippen LogP contribution is -2.11. The van der Waals surface area contributed by atoms with Gasteiger partial charge in [0.25, 0.3) is 5.91 Å². The van der Waals surface area contributed by atoms with Gasteiger partial charge in [-0.1, -0.05) is 34.5 Å². The van der Waals surface area contributed by atoms with Crippen LogP contribution in [-0.2, 0) is 4.74 Å². The molecular weight excluding hydrogens is 403 g/mol. The Morgan fingerprint density at radius 3 is 2.48 bits per heavy atom. The molecule has 0 aliphatic carbocycles. The Balaban J connectivity index is 1.85. The lowest BCUT2D eigenvalue weighted by atomic mass is 10.2. The molecule has 2 heterocycles. The molecule has 0 aliphatic heterocycles. The normalized spacial score (nSPS) is 10.9. The summed E-state index contributed by atoms with van der Waals surface area (Å²) in [5.41, 5.74) is 1.15. The first-order chi connectivity index (χ1) is 11.9. The third-order valence-electron chi connectivity index (χ3n) is 3.28. The zero-order chi connectivity index (χ0) is 18.1. The number of carbonyl (C=O) groups is 2. The summed E-state index contributed by atoms with van der Waals surface area (Å²) in [5.74, 6) is -0.705. The summed E-state index contributed by atoms with van der Waals surface area (Å²) in [5, 5.41) is 3.94. The van der Waals surface area contributed by atoms with Crippen molar-refractivity contribution in [1.82, 2.24) is 4.98 Å². The highest BCUT2D eigenvalue weighted by Crippen LogP contribution is 2.37. The minimum atomic E-state index is -0.353. The van der Waals surface area contributed by atoms with Gasteiger partial charge >= 0.3 is 5.97 Å². The molecule has 0 radical (unpaired) electrons. The number of benzene rings is 1. The highest BCUT2D eigenvalue weighted by Gasteiger charge is 2.20. The quantitative estimate of drug-likeness (QED) is 0.579. The SMILES string of the molecule is CCOC(=O)c1sc2nc(NC(=O)c3cc(Cl)cc(Cl)c3)sc2c1C. The zero-order valence-electron chi connectivity index (χ0n) is 13.2. The van der Waals surface area contributed by atoms with E-state index in [2.05, 4.69) is 10.3 Å². The minimum Gasteiger partial charge on any atom is -0.462 e. The number of hydrogen-bond acceptors (Lipinski definition) is 6. The van der Waals surface area contributed by atoms with Crippen LogP contribution in [0.4, 0.5) is 5.13 Å². The molecule has 3 rings (SSSR count). The number of nitrogens with zero attached hydrogens (tertiary/aromatic N) is 1. The maximum absolute atomic E-state index is 12.3. The van der Waals surface area contributed by atoms with Crippen LogP contribution in [0.5, 0.6) is 0 Å². The summed E-state index contributed by atoms with van der Waals surface area (Å²) < 4.78 is 5.89. The van der Waals surface area contributed by atoms with Gasteiger partial charge in [0, 0.05) is 15.6 Å². The van der Waals surface area contributed by atoms with Gasteiger partial charge in [-0.25, -0.2) is 9.78 Å². The molecule has 0 spiro atoms. The van der Waals surface area contributed by atoms with E-state index >= 15 is 0 Å². The zero-order valence-corrected chi connectivity index (χ0v) is 16.3. The van der Waals surface area contributed by atoms with Crippen LogP contribution < -0.4 is 5.32 Å². The number of hydrogen-bond donors (Lipinski definition) is 1. The molecule has 1 aromatic carbocycles. The summed E-state index contributed by atoms with van der Waals surface area (Å²) in [6.45, 7) is 3.92. The summed E-state index contributed by atoms with van der Waals surface area (Å²) in [6.07, 6.45) is 0. The Morgan fingerprint density at radius 1 is 1.20 bits per heavy atom. The topological polar surface area (TPSA) is 68.3 Å². The van der Waals surface area contributed by atoms with E-state index in [1.54, 1.807) is 13.0 Å². The van der Waals surface area contributed by atoms with Crippen molar-refractivity contribution in [3.05, 3.63) is 44.2 Å². The number of esters is 1. The van der Waals surface area contributed by atoms with E-state index in [-0.39, 0.29) is 11.9 Å². The number of thiophene rings is 1. The molecule has 0 unspecified atom stereocenters. The Bertz CT molecular complexity index is 961. The number of aromatic nitrogens is 1. The predicted molar refractivity (Wildman–Crippen MR) is 103 cm³/mol. The third kappa shape index (κ3) is 3.79. The second kappa shape index (κ2) is 7.29. The number of thiazole rings is 1. The number of halogens is 2. The van der Waals surface area contributed by atoms with E-state index < -0.39 is 0 Å². The second-order valence-corrected chi connectivity index (χ2v) is 7.91. The van der Waals surface area contributed by atoms with Crippen molar-refractivity contribution in [2.75, 3.05) is 11.9 Å². The highest BCUT2D eigenvalue weighted by atomic mass is 35.5. The molecule has 0 fully saturated rings.